The molecular formula is C23H18F2N4O. The molecule has 0 bridgehead atoms. The van der Waals surface area contributed by atoms with Crippen LogP contribution in [0.15, 0.2) is 48.5 Å². The molecule has 0 aliphatic carbocycles. The Morgan fingerprint density at radius 2 is 1.87 bits per heavy atom. The second-order valence-electron chi connectivity index (χ2n) is 7.42. The van der Waals surface area contributed by atoms with Crippen molar-refractivity contribution in [1.82, 2.24) is 14.8 Å². The van der Waals surface area contributed by atoms with Gasteiger partial charge in [-0.15, -0.1) is 0 Å². The van der Waals surface area contributed by atoms with Gasteiger partial charge >= 0.3 is 0 Å². The van der Waals surface area contributed by atoms with E-state index in [1.165, 1.54) is 11.0 Å². The first kappa shape index (κ1) is 18.4. The van der Waals surface area contributed by atoms with Crippen LogP contribution >= 0.6 is 0 Å². The van der Waals surface area contributed by atoms with Gasteiger partial charge < -0.3 is 4.90 Å². The topological polar surface area (TPSA) is 51.0 Å². The quantitative estimate of drug-likeness (QED) is 0.497. The first-order chi connectivity index (χ1) is 14.4. The predicted molar refractivity (Wildman–Crippen MR) is 110 cm³/mol. The van der Waals surface area contributed by atoms with Crippen LogP contribution in [0.1, 0.15) is 21.6 Å². The molecule has 1 aliphatic heterocycles. The minimum Gasteiger partial charge on any atom is -0.308 e. The van der Waals surface area contributed by atoms with Crippen LogP contribution in [0.25, 0.3) is 22.3 Å². The lowest BCUT2D eigenvalue weighted by molar-refractivity contribution is 0.0991. The number of hydrogen-bond donors (Lipinski definition) is 0. The van der Waals surface area contributed by atoms with Crippen LogP contribution in [-0.2, 0) is 13.5 Å². The molecule has 0 unspecified atom stereocenters. The Labute approximate surface area is 171 Å². The van der Waals surface area contributed by atoms with Crippen LogP contribution in [0, 0.1) is 18.6 Å². The molecule has 7 heteroatoms. The van der Waals surface area contributed by atoms with Crippen molar-refractivity contribution in [1.29, 1.82) is 0 Å². The number of hydrogen-bond acceptors (Lipinski definition) is 3. The standard InChI is InChI=1S/C23H18F2N4O/c1-13-21-17(23(30)29-9-8-16-18(25)10-15(24)11-20(16)29)12-19(14-6-4-3-5-7-14)26-22(21)28(2)27-13/h3-7,10-12H,8-9H2,1-2H3. The first-order valence-electron chi connectivity index (χ1n) is 9.63. The number of benzene rings is 2. The molecule has 3 heterocycles. The van der Waals surface area contributed by atoms with Crippen LogP contribution in [0.3, 0.4) is 0 Å². The molecule has 150 valence electrons. The van der Waals surface area contributed by atoms with E-state index < -0.39 is 11.6 Å². The average molecular weight is 404 g/mol. The summed E-state index contributed by atoms with van der Waals surface area (Å²) < 4.78 is 29.7. The Balaban J connectivity index is 1.71. The number of anilines is 1. The molecule has 2 aromatic heterocycles. The monoisotopic (exact) mass is 404 g/mol. The summed E-state index contributed by atoms with van der Waals surface area (Å²) in [5.41, 5.74) is 3.83. The zero-order chi connectivity index (χ0) is 21.0. The van der Waals surface area contributed by atoms with Crippen molar-refractivity contribution >= 4 is 22.6 Å². The van der Waals surface area contributed by atoms with E-state index in [1.807, 2.05) is 37.3 Å². The van der Waals surface area contributed by atoms with Gasteiger partial charge in [-0.2, -0.15) is 5.10 Å². The molecule has 2 aromatic carbocycles. The Bertz CT molecular complexity index is 1310. The van der Waals surface area contributed by atoms with E-state index in [1.54, 1.807) is 17.8 Å². The zero-order valence-electron chi connectivity index (χ0n) is 16.5. The smallest absolute Gasteiger partial charge is 0.259 e. The molecule has 0 fully saturated rings. The van der Waals surface area contributed by atoms with Gasteiger partial charge in [-0.05, 0) is 25.5 Å². The lowest BCUT2D eigenvalue weighted by atomic mass is 10.0. The third kappa shape index (κ3) is 2.77. The summed E-state index contributed by atoms with van der Waals surface area (Å²) in [5.74, 6) is -1.64. The molecular weight excluding hydrogens is 386 g/mol. The van der Waals surface area contributed by atoms with E-state index in [-0.39, 0.29) is 11.6 Å². The van der Waals surface area contributed by atoms with Crippen molar-refractivity contribution in [2.45, 2.75) is 13.3 Å². The van der Waals surface area contributed by atoms with E-state index in [0.29, 0.717) is 46.5 Å². The van der Waals surface area contributed by atoms with Gasteiger partial charge in [-0.1, -0.05) is 30.3 Å². The molecule has 0 radical (unpaired) electrons. The number of rotatable bonds is 2. The largest absolute Gasteiger partial charge is 0.308 e. The molecule has 4 aromatic rings. The van der Waals surface area contributed by atoms with E-state index >= 15 is 0 Å². The predicted octanol–water partition coefficient (Wildman–Crippen LogP) is 4.42. The summed E-state index contributed by atoms with van der Waals surface area (Å²) in [6.07, 6.45) is 0.346. The number of aryl methyl sites for hydroxylation is 2. The zero-order valence-corrected chi connectivity index (χ0v) is 16.5. The number of amides is 1. The van der Waals surface area contributed by atoms with Crippen LogP contribution in [0.2, 0.25) is 0 Å². The molecule has 0 saturated heterocycles. The Hall–Kier alpha value is -3.61. The summed E-state index contributed by atoms with van der Waals surface area (Å²) in [5, 5.41) is 5.08. The number of nitrogens with zero attached hydrogens (tertiary/aromatic N) is 4. The van der Waals surface area contributed by atoms with Gasteiger partial charge in [-0.3, -0.25) is 9.48 Å². The molecule has 5 rings (SSSR count). The highest BCUT2D eigenvalue weighted by Crippen LogP contribution is 2.34. The van der Waals surface area contributed by atoms with Crippen LogP contribution in [0.5, 0.6) is 0 Å². The number of carbonyl (C=O) groups is 1. The number of halogens is 2. The summed E-state index contributed by atoms with van der Waals surface area (Å²) in [6.45, 7) is 2.11. The van der Waals surface area contributed by atoms with Crippen molar-refractivity contribution in [3.63, 3.8) is 0 Å². The molecule has 30 heavy (non-hydrogen) atoms. The minimum absolute atomic E-state index is 0.283. The van der Waals surface area contributed by atoms with Crippen LogP contribution < -0.4 is 4.90 Å². The third-order valence-corrected chi connectivity index (χ3v) is 5.53. The van der Waals surface area contributed by atoms with Crippen molar-refractivity contribution < 1.29 is 13.6 Å². The maximum atomic E-state index is 14.2. The fourth-order valence-electron chi connectivity index (χ4n) is 4.15. The number of fused-ring (bicyclic) bond motifs is 2. The van der Waals surface area contributed by atoms with E-state index in [4.69, 9.17) is 4.98 Å². The lowest BCUT2D eigenvalue weighted by Crippen LogP contribution is -2.29. The molecule has 1 aliphatic rings. The SMILES string of the molecule is Cc1nn(C)c2nc(-c3ccccc3)cc(C(=O)N3CCc4c(F)cc(F)cc43)c12. The fraction of sp³-hybridized carbons (Fsp3) is 0.174. The van der Waals surface area contributed by atoms with E-state index in [0.717, 1.165) is 11.6 Å². The fourth-order valence-corrected chi connectivity index (χ4v) is 4.15. The summed E-state index contributed by atoms with van der Waals surface area (Å²) in [7, 11) is 1.78. The van der Waals surface area contributed by atoms with Crippen molar-refractivity contribution in [3.05, 3.63) is 77.0 Å². The number of pyridine rings is 1. The van der Waals surface area contributed by atoms with Crippen molar-refractivity contribution in [2.24, 2.45) is 7.05 Å². The normalized spacial score (nSPS) is 13.1. The molecule has 0 spiro atoms. The summed E-state index contributed by atoms with van der Waals surface area (Å²) in [6, 6.07) is 13.4. The Morgan fingerprint density at radius 3 is 2.63 bits per heavy atom. The average Bonchev–Trinajstić information content (AvgIpc) is 3.28. The van der Waals surface area contributed by atoms with Gasteiger partial charge in [0.1, 0.15) is 11.6 Å². The highest BCUT2D eigenvalue weighted by Gasteiger charge is 2.31. The Morgan fingerprint density at radius 1 is 1.10 bits per heavy atom. The van der Waals surface area contributed by atoms with Gasteiger partial charge in [-0.25, -0.2) is 13.8 Å². The molecule has 5 nitrogen and oxygen atoms in total. The van der Waals surface area contributed by atoms with Gasteiger partial charge in [0.15, 0.2) is 5.65 Å². The molecule has 0 N–H and O–H groups in total. The first-order valence-corrected chi connectivity index (χ1v) is 9.63. The maximum absolute atomic E-state index is 14.2. The van der Waals surface area contributed by atoms with Crippen LogP contribution in [-0.4, -0.2) is 27.2 Å². The van der Waals surface area contributed by atoms with E-state index in [9.17, 15) is 13.6 Å². The molecule has 1 amide bonds. The summed E-state index contributed by atoms with van der Waals surface area (Å²) >= 11 is 0. The minimum atomic E-state index is -0.701. The maximum Gasteiger partial charge on any atom is 0.259 e. The van der Waals surface area contributed by atoms with Gasteiger partial charge in [0.2, 0.25) is 0 Å². The molecule has 0 atom stereocenters. The molecule has 0 saturated carbocycles. The van der Waals surface area contributed by atoms with Gasteiger partial charge in [0.05, 0.1) is 28.0 Å². The van der Waals surface area contributed by atoms with Gasteiger partial charge in [0, 0.05) is 30.8 Å². The summed E-state index contributed by atoms with van der Waals surface area (Å²) in [4.78, 5) is 19.8. The highest BCUT2D eigenvalue weighted by atomic mass is 19.1. The second-order valence-corrected chi connectivity index (χ2v) is 7.42. The second kappa shape index (κ2) is 6.73. The third-order valence-electron chi connectivity index (χ3n) is 5.53. The highest BCUT2D eigenvalue weighted by molar-refractivity contribution is 6.15. The lowest BCUT2D eigenvalue weighted by Gasteiger charge is -2.19. The van der Waals surface area contributed by atoms with Crippen molar-refractivity contribution in [2.75, 3.05) is 11.4 Å². The van der Waals surface area contributed by atoms with Gasteiger partial charge in [0.25, 0.3) is 5.91 Å². The van der Waals surface area contributed by atoms with Crippen molar-refractivity contribution in [3.8, 4) is 11.3 Å². The van der Waals surface area contributed by atoms with E-state index in [2.05, 4.69) is 5.10 Å². The van der Waals surface area contributed by atoms with Crippen LogP contribution in [0.4, 0.5) is 14.5 Å². The Kier molecular flexibility index (Phi) is 4.13. The number of carbonyl (C=O) groups excluding carboxylic acids is 1. The number of aromatic nitrogens is 3.